The van der Waals surface area contributed by atoms with Gasteiger partial charge in [0.1, 0.15) is 0 Å². The smallest absolute Gasteiger partial charge is 0.175 e. The summed E-state index contributed by atoms with van der Waals surface area (Å²) in [5.41, 5.74) is 5.78. The zero-order valence-corrected chi connectivity index (χ0v) is 14.8. The molecular weight excluding hydrogens is 346 g/mol. The number of nitrogens with one attached hydrogen (secondary N) is 1. The number of likely N-dealkylation sites (tertiary alicyclic amines) is 1. The minimum atomic E-state index is 0.179. The van der Waals surface area contributed by atoms with E-state index in [0.29, 0.717) is 5.92 Å². The summed E-state index contributed by atoms with van der Waals surface area (Å²) in [7, 11) is 3.31. The fraction of sp³-hybridized carbons (Fsp3) is 0.562. The van der Waals surface area contributed by atoms with Crippen molar-refractivity contribution in [3.63, 3.8) is 0 Å². The molecule has 6 heteroatoms. The molecule has 0 bridgehead atoms. The molecule has 0 radical (unpaired) electrons. The zero-order chi connectivity index (χ0) is 15.7. The van der Waals surface area contributed by atoms with Gasteiger partial charge in [-0.1, -0.05) is 13.0 Å². The van der Waals surface area contributed by atoms with Gasteiger partial charge in [-0.25, -0.2) is 0 Å². The third kappa shape index (κ3) is 2.58. The van der Waals surface area contributed by atoms with Gasteiger partial charge in [0, 0.05) is 31.1 Å². The average molecular weight is 368 g/mol. The van der Waals surface area contributed by atoms with Gasteiger partial charge in [0.05, 0.1) is 24.7 Å². The largest absolute Gasteiger partial charge is 0.493 e. The lowest BCUT2D eigenvalue weighted by Gasteiger charge is -2.33. The molecule has 0 aliphatic carbocycles. The minimum absolute atomic E-state index is 0.179. The van der Waals surface area contributed by atoms with E-state index in [0.717, 1.165) is 42.0 Å². The number of nitrogens with zero attached hydrogens (tertiary/aromatic N) is 2. The number of hydrogen-bond acceptors (Lipinski definition) is 5. The van der Waals surface area contributed by atoms with Crippen LogP contribution in [-0.4, -0.2) is 44.5 Å². The Labute approximate surface area is 139 Å². The molecule has 0 amide bonds. The summed E-state index contributed by atoms with van der Waals surface area (Å²) in [4.78, 5) is 2.48. The van der Waals surface area contributed by atoms with Gasteiger partial charge in [-0.2, -0.15) is 5.10 Å². The van der Waals surface area contributed by atoms with Crippen LogP contribution in [-0.2, 0) is 0 Å². The first-order chi connectivity index (χ1) is 10.7. The molecule has 0 spiro atoms. The third-order valence-electron chi connectivity index (χ3n) is 4.61. The fourth-order valence-corrected chi connectivity index (χ4v) is 4.07. The van der Waals surface area contributed by atoms with Crippen molar-refractivity contribution in [3.05, 3.63) is 22.2 Å². The van der Waals surface area contributed by atoms with E-state index in [9.17, 15) is 0 Å². The van der Waals surface area contributed by atoms with Crippen LogP contribution in [0.5, 0.6) is 11.5 Å². The Hall–Kier alpha value is -1.27. The third-order valence-corrected chi connectivity index (χ3v) is 5.43. The molecule has 2 unspecified atom stereocenters. The summed E-state index contributed by atoms with van der Waals surface area (Å²) in [6.45, 7) is 5.45. The van der Waals surface area contributed by atoms with E-state index in [4.69, 9.17) is 9.47 Å². The van der Waals surface area contributed by atoms with Crippen molar-refractivity contribution in [1.29, 1.82) is 0 Å². The molecule has 22 heavy (non-hydrogen) atoms. The summed E-state index contributed by atoms with van der Waals surface area (Å²) in [5.74, 6) is 1.89. The molecule has 1 aromatic carbocycles. The number of fused-ring (bicyclic) bond motifs is 1. The first kappa shape index (κ1) is 15.6. The van der Waals surface area contributed by atoms with Crippen LogP contribution in [0.1, 0.15) is 24.9 Å². The molecule has 120 valence electrons. The molecule has 0 saturated carbocycles. The summed E-state index contributed by atoms with van der Waals surface area (Å²) < 4.78 is 11.8. The average Bonchev–Trinajstić information content (AvgIpc) is 2.97. The number of rotatable bonds is 4. The van der Waals surface area contributed by atoms with Gasteiger partial charge in [-0.3, -0.25) is 0 Å². The van der Waals surface area contributed by atoms with Crippen molar-refractivity contribution < 1.29 is 9.47 Å². The molecule has 2 aliphatic heterocycles. The highest BCUT2D eigenvalue weighted by molar-refractivity contribution is 9.10. The molecule has 1 saturated heterocycles. The van der Waals surface area contributed by atoms with Gasteiger partial charge < -0.3 is 19.8 Å². The van der Waals surface area contributed by atoms with Gasteiger partial charge in [-0.05, 0) is 34.1 Å². The number of methoxy groups -OCH3 is 2. The molecule has 1 fully saturated rings. The lowest BCUT2D eigenvalue weighted by molar-refractivity contribution is 0.238. The van der Waals surface area contributed by atoms with Gasteiger partial charge >= 0.3 is 0 Å². The molecule has 2 atom stereocenters. The summed E-state index contributed by atoms with van der Waals surface area (Å²) in [6, 6.07) is 4.23. The van der Waals surface area contributed by atoms with E-state index < -0.39 is 0 Å². The van der Waals surface area contributed by atoms with Crippen LogP contribution in [0.2, 0.25) is 0 Å². The normalized spacial score (nSPS) is 24.5. The highest BCUT2D eigenvalue weighted by Crippen LogP contribution is 2.43. The van der Waals surface area contributed by atoms with E-state index in [2.05, 4.69) is 44.3 Å². The lowest BCUT2D eigenvalue weighted by atomic mass is 9.86. The predicted octanol–water partition coefficient (Wildman–Crippen LogP) is 2.81. The van der Waals surface area contributed by atoms with Crippen LogP contribution in [0.25, 0.3) is 0 Å². The predicted molar refractivity (Wildman–Crippen MR) is 90.8 cm³/mol. The van der Waals surface area contributed by atoms with Crippen LogP contribution < -0.4 is 14.9 Å². The molecule has 0 aromatic heterocycles. The second-order valence-corrected chi connectivity index (χ2v) is 6.46. The Kier molecular flexibility index (Phi) is 4.59. The molecule has 2 heterocycles. The van der Waals surface area contributed by atoms with Crippen molar-refractivity contribution in [2.75, 3.05) is 33.9 Å². The second-order valence-electron chi connectivity index (χ2n) is 5.66. The van der Waals surface area contributed by atoms with E-state index in [1.807, 2.05) is 6.07 Å². The van der Waals surface area contributed by atoms with Gasteiger partial charge in [0.25, 0.3) is 0 Å². The van der Waals surface area contributed by atoms with Crippen LogP contribution in [0.3, 0.4) is 0 Å². The molecular formula is C16H22BrN3O2. The monoisotopic (exact) mass is 367 g/mol. The maximum atomic E-state index is 5.50. The fourth-order valence-electron chi connectivity index (χ4n) is 3.33. The van der Waals surface area contributed by atoms with Crippen molar-refractivity contribution in [1.82, 2.24) is 10.3 Å². The molecule has 3 rings (SSSR count). The SMILES string of the molecule is CCN1CCC2=NNC(c3ccc(OC)c(OC)c3Br)C2C1. The van der Waals surface area contributed by atoms with Gasteiger partial charge in [0.2, 0.25) is 0 Å². The van der Waals surface area contributed by atoms with E-state index in [1.54, 1.807) is 14.2 Å². The Morgan fingerprint density at radius 3 is 2.86 bits per heavy atom. The number of piperidine rings is 1. The summed E-state index contributed by atoms with van der Waals surface area (Å²) in [5, 5.41) is 4.57. The van der Waals surface area contributed by atoms with Crippen LogP contribution in [0.15, 0.2) is 21.7 Å². The highest BCUT2D eigenvalue weighted by Gasteiger charge is 2.38. The van der Waals surface area contributed by atoms with Crippen LogP contribution in [0, 0.1) is 5.92 Å². The van der Waals surface area contributed by atoms with Crippen molar-refractivity contribution in [2.45, 2.75) is 19.4 Å². The van der Waals surface area contributed by atoms with Gasteiger partial charge in [0.15, 0.2) is 11.5 Å². The Morgan fingerprint density at radius 1 is 1.36 bits per heavy atom. The van der Waals surface area contributed by atoms with Crippen molar-refractivity contribution in [2.24, 2.45) is 11.0 Å². The highest BCUT2D eigenvalue weighted by atomic mass is 79.9. The first-order valence-electron chi connectivity index (χ1n) is 7.64. The van der Waals surface area contributed by atoms with Crippen LogP contribution in [0.4, 0.5) is 0 Å². The number of benzene rings is 1. The summed E-state index contributed by atoms with van der Waals surface area (Å²) in [6.07, 6.45) is 1.05. The quantitative estimate of drug-likeness (QED) is 0.888. The number of ether oxygens (including phenoxy) is 2. The van der Waals surface area contributed by atoms with Gasteiger partial charge in [-0.15, -0.1) is 0 Å². The number of hydrazone groups is 1. The zero-order valence-electron chi connectivity index (χ0n) is 13.2. The van der Waals surface area contributed by atoms with Crippen molar-refractivity contribution >= 4 is 21.6 Å². The second kappa shape index (κ2) is 6.46. The molecule has 1 N–H and O–H groups in total. The molecule has 5 nitrogen and oxygen atoms in total. The Balaban J connectivity index is 1.92. The molecule has 2 aliphatic rings. The Morgan fingerprint density at radius 2 is 2.18 bits per heavy atom. The van der Waals surface area contributed by atoms with Crippen LogP contribution >= 0.6 is 15.9 Å². The lowest BCUT2D eigenvalue weighted by Crippen LogP contribution is -2.41. The van der Waals surface area contributed by atoms with E-state index in [1.165, 1.54) is 11.3 Å². The van der Waals surface area contributed by atoms with E-state index >= 15 is 0 Å². The van der Waals surface area contributed by atoms with Crippen molar-refractivity contribution in [3.8, 4) is 11.5 Å². The standard InChI is InChI=1S/C16H22BrN3O2/c1-4-20-8-7-12-11(9-20)15(19-18-12)10-5-6-13(21-2)16(22-3)14(10)17/h5-6,11,15,19H,4,7-9H2,1-3H3. The maximum Gasteiger partial charge on any atom is 0.175 e. The minimum Gasteiger partial charge on any atom is -0.493 e. The first-order valence-corrected chi connectivity index (χ1v) is 8.43. The number of hydrogen-bond donors (Lipinski definition) is 1. The number of halogens is 1. The summed E-state index contributed by atoms with van der Waals surface area (Å²) >= 11 is 3.68. The molecule has 1 aromatic rings. The van der Waals surface area contributed by atoms with E-state index in [-0.39, 0.29) is 6.04 Å². The topological polar surface area (TPSA) is 46.1 Å². The Bertz CT molecular complexity index is 591. The maximum absolute atomic E-state index is 5.50.